The van der Waals surface area contributed by atoms with Crippen LogP contribution in [0.5, 0.6) is 0 Å². The van der Waals surface area contributed by atoms with Crippen molar-refractivity contribution in [1.82, 2.24) is 0 Å². The van der Waals surface area contributed by atoms with Gasteiger partial charge in [-0.3, -0.25) is 9.59 Å². The molecule has 21 heavy (non-hydrogen) atoms. The lowest BCUT2D eigenvalue weighted by Crippen LogP contribution is -2.27. The van der Waals surface area contributed by atoms with Gasteiger partial charge in [-0.2, -0.15) is 0 Å². The minimum atomic E-state index is -0.859. The Hall–Kier alpha value is -1.69. The van der Waals surface area contributed by atoms with Gasteiger partial charge in [-0.15, -0.1) is 6.58 Å². The number of carbonyl (C=O) groups is 3. The van der Waals surface area contributed by atoms with E-state index in [2.05, 4.69) is 6.58 Å². The van der Waals surface area contributed by atoms with E-state index in [0.29, 0.717) is 13.0 Å². The van der Waals surface area contributed by atoms with Crippen LogP contribution in [0.25, 0.3) is 0 Å². The minimum absolute atomic E-state index is 0.245. The number of esters is 2. The van der Waals surface area contributed by atoms with Gasteiger partial charge in [0.1, 0.15) is 0 Å². The summed E-state index contributed by atoms with van der Waals surface area (Å²) in [6, 6.07) is 0. The molecule has 0 aromatic heterocycles. The number of rotatable bonds is 12. The zero-order valence-corrected chi connectivity index (χ0v) is 12.8. The third-order valence-electron chi connectivity index (χ3n) is 2.69. The van der Waals surface area contributed by atoms with Crippen LogP contribution in [0.3, 0.4) is 0 Å². The van der Waals surface area contributed by atoms with E-state index in [4.69, 9.17) is 14.2 Å². The SMILES string of the molecule is C=CCC(OC(=O)COC(=O)CCCCCOC)C(C)=O. The van der Waals surface area contributed by atoms with Crippen LogP contribution in [0.4, 0.5) is 0 Å². The van der Waals surface area contributed by atoms with E-state index in [9.17, 15) is 14.4 Å². The van der Waals surface area contributed by atoms with Crippen LogP contribution >= 0.6 is 0 Å². The van der Waals surface area contributed by atoms with Gasteiger partial charge in [-0.25, -0.2) is 4.79 Å². The van der Waals surface area contributed by atoms with Gasteiger partial charge in [0.15, 0.2) is 18.5 Å². The van der Waals surface area contributed by atoms with Gasteiger partial charge in [0.2, 0.25) is 0 Å². The Morgan fingerprint density at radius 1 is 1.14 bits per heavy atom. The number of hydrogen-bond acceptors (Lipinski definition) is 6. The van der Waals surface area contributed by atoms with Crippen LogP contribution in [0, 0.1) is 0 Å². The van der Waals surface area contributed by atoms with Gasteiger partial charge in [0.05, 0.1) is 0 Å². The first kappa shape index (κ1) is 19.3. The number of carbonyl (C=O) groups excluding carboxylic acids is 3. The van der Waals surface area contributed by atoms with E-state index in [1.807, 2.05) is 0 Å². The molecular weight excluding hydrogens is 276 g/mol. The molecule has 0 rings (SSSR count). The summed E-state index contributed by atoms with van der Waals surface area (Å²) in [5.41, 5.74) is 0. The quantitative estimate of drug-likeness (QED) is 0.311. The summed E-state index contributed by atoms with van der Waals surface area (Å²) >= 11 is 0. The normalized spacial score (nSPS) is 11.5. The molecule has 1 unspecified atom stereocenters. The third kappa shape index (κ3) is 10.7. The lowest BCUT2D eigenvalue weighted by atomic mass is 10.2. The molecule has 120 valence electrons. The Morgan fingerprint density at radius 3 is 2.43 bits per heavy atom. The maximum Gasteiger partial charge on any atom is 0.345 e. The Bertz CT molecular complexity index is 350. The second kappa shape index (κ2) is 12.1. The molecule has 1 atom stereocenters. The molecule has 0 amide bonds. The second-order valence-corrected chi connectivity index (χ2v) is 4.58. The fourth-order valence-electron chi connectivity index (χ4n) is 1.55. The number of ether oxygens (including phenoxy) is 3. The minimum Gasteiger partial charge on any atom is -0.454 e. The van der Waals surface area contributed by atoms with Crippen LogP contribution in [0.15, 0.2) is 12.7 Å². The zero-order chi connectivity index (χ0) is 16.1. The molecular formula is C15H24O6. The van der Waals surface area contributed by atoms with Crippen molar-refractivity contribution in [3.05, 3.63) is 12.7 Å². The molecule has 0 aliphatic carbocycles. The molecule has 6 heteroatoms. The summed E-state index contributed by atoms with van der Waals surface area (Å²) in [5, 5.41) is 0. The highest BCUT2D eigenvalue weighted by atomic mass is 16.6. The number of Topliss-reactive ketones (excluding diaryl/α,β-unsaturated/α-hetero) is 1. The van der Waals surface area contributed by atoms with Crippen molar-refractivity contribution in [2.24, 2.45) is 0 Å². The first-order valence-corrected chi connectivity index (χ1v) is 6.96. The maximum absolute atomic E-state index is 11.4. The number of unbranched alkanes of at least 4 members (excludes halogenated alkanes) is 2. The van der Waals surface area contributed by atoms with Gasteiger partial charge >= 0.3 is 11.9 Å². The van der Waals surface area contributed by atoms with E-state index >= 15 is 0 Å². The molecule has 0 aromatic carbocycles. The first-order chi connectivity index (χ1) is 10.0. The van der Waals surface area contributed by atoms with Crippen molar-refractivity contribution in [3.63, 3.8) is 0 Å². The predicted octanol–water partition coefficient (Wildman–Crippen LogP) is 1.81. The first-order valence-electron chi connectivity index (χ1n) is 6.96. The fraction of sp³-hybridized carbons (Fsp3) is 0.667. The average Bonchev–Trinajstić information content (AvgIpc) is 2.44. The van der Waals surface area contributed by atoms with E-state index in [1.54, 1.807) is 7.11 Å². The standard InChI is InChI=1S/C15H24O6/c1-4-8-13(12(2)16)21-15(18)11-20-14(17)9-6-5-7-10-19-3/h4,13H,1,5-11H2,2-3H3. The molecule has 0 aliphatic heterocycles. The summed E-state index contributed by atoms with van der Waals surface area (Å²) < 4.78 is 14.6. The van der Waals surface area contributed by atoms with Crippen LogP contribution < -0.4 is 0 Å². The molecule has 6 nitrogen and oxygen atoms in total. The van der Waals surface area contributed by atoms with Gasteiger partial charge < -0.3 is 14.2 Å². The highest BCUT2D eigenvalue weighted by Crippen LogP contribution is 2.04. The molecule has 0 N–H and O–H groups in total. The smallest absolute Gasteiger partial charge is 0.345 e. The third-order valence-corrected chi connectivity index (χ3v) is 2.69. The van der Waals surface area contributed by atoms with Crippen LogP contribution in [0.1, 0.15) is 39.0 Å². The van der Waals surface area contributed by atoms with Crippen molar-refractivity contribution in [2.75, 3.05) is 20.3 Å². The molecule has 0 spiro atoms. The monoisotopic (exact) mass is 300 g/mol. The van der Waals surface area contributed by atoms with Crippen molar-refractivity contribution in [3.8, 4) is 0 Å². The van der Waals surface area contributed by atoms with Crippen molar-refractivity contribution >= 4 is 17.7 Å². The number of hydrogen-bond donors (Lipinski definition) is 0. The van der Waals surface area contributed by atoms with Gasteiger partial charge in [-0.05, 0) is 19.8 Å². The topological polar surface area (TPSA) is 78.9 Å². The summed E-state index contributed by atoms with van der Waals surface area (Å²) in [5.74, 6) is -1.45. The number of methoxy groups -OCH3 is 1. The highest BCUT2D eigenvalue weighted by Gasteiger charge is 2.18. The molecule has 0 fully saturated rings. The molecule has 0 heterocycles. The predicted molar refractivity (Wildman–Crippen MR) is 76.7 cm³/mol. The van der Waals surface area contributed by atoms with E-state index in [0.717, 1.165) is 12.8 Å². The van der Waals surface area contributed by atoms with Gasteiger partial charge in [0.25, 0.3) is 0 Å². The number of ketones is 1. The summed E-state index contributed by atoms with van der Waals surface area (Å²) in [7, 11) is 1.63. The van der Waals surface area contributed by atoms with Crippen molar-refractivity contribution in [1.29, 1.82) is 0 Å². The summed E-state index contributed by atoms with van der Waals surface area (Å²) in [6.07, 6.45) is 3.55. The summed E-state index contributed by atoms with van der Waals surface area (Å²) in [6.45, 7) is 5.00. The van der Waals surface area contributed by atoms with E-state index in [1.165, 1.54) is 13.0 Å². The van der Waals surface area contributed by atoms with Crippen LogP contribution in [0.2, 0.25) is 0 Å². The Labute approximate surface area is 125 Å². The van der Waals surface area contributed by atoms with E-state index in [-0.39, 0.29) is 18.6 Å². The van der Waals surface area contributed by atoms with Crippen molar-refractivity contribution in [2.45, 2.75) is 45.1 Å². The largest absolute Gasteiger partial charge is 0.454 e. The lowest BCUT2D eigenvalue weighted by molar-refractivity contribution is -0.164. The molecule has 0 saturated heterocycles. The lowest BCUT2D eigenvalue weighted by Gasteiger charge is -2.13. The van der Waals surface area contributed by atoms with Crippen LogP contribution in [-0.4, -0.2) is 44.1 Å². The molecule has 0 aromatic rings. The Morgan fingerprint density at radius 2 is 1.86 bits per heavy atom. The molecule has 0 radical (unpaired) electrons. The van der Waals surface area contributed by atoms with Gasteiger partial charge in [0, 0.05) is 26.6 Å². The van der Waals surface area contributed by atoms with E-state index < -0.39 is 24.6 Å². The second-order valence-electron chi connectivity index (χ2n) is 4.58. The van der Waals surface area contributed by atoms with Gasteiger partial charge in [-0.1, -0.05) is 12.5 Å². The summed E-state index contributed by atoms with van der Waals surface area (Å²) in [4.78, 5) is 34.0. The maximum atomic E-state index is 11.4. The Kier molecular flexibility index (Phi) is 11.1. The average molecular weight is 300 g/mol. The van der Waals surface area contributed by atoms with Crippen LogP contribution in [-0.2, 0) is 28.6 Å². The van der Waals surface area contributed by atoms with Crippen molar-refractivity contribution < 1.29 is 28.6 Å². The Balaban J connectivity index is 3.83. The molecule has 0 saturated carbocycles. The fourth-order valence-corrected chi connectivity index (χ4v) is 1.55. The zero-order valence-electron chi connectivity index (χ0n) is 12.8. The highest BCUT2D eigenvalue weighted by molar-refractivity contribution is 5.84. The molecule has 0 bridgehead atoms. The molecule has 0 aliphatic rings.